The Balaban J connectivity index is 3.77. The van der Waals surface area contributed by atoms with Crippen molar-refractivity contribution in [2.24, 2.45) is 5.50 Å². The summed E-state index contributed by atoms with van der Waals surface area (Å²) in [5, 5.41) is 2.97. The first-order chi connectivity index (χ1) is 4.52. The van der Waals surface area contributed by atoms with E-state index in [4.69, 9.17) is 5.50 Å². The molecule has 0 saturated carbocycles. The molecule has 0 fully saturated rings. The van der Waals surface area contributed by atoms with Gasteiger partial charge >= 0.3 is 0 Å². The summed E-state index contributed by atoms with van der Waals surface area (Å²) < 4.78 is 11.2. The summed E-state index contributed by atoms with van der Waals surface area (Å²) in [6, 6.07) is 0. The minimum absolute atomic E-state index is 0.364. The van der Waals surface area contributed by atoms with Gasteiger partial charge in [0.1, 0.15) is 0 Å². The Morgan fingerprint density at radius 1 is 1.80 bits per heavy atom. The van der Waals surface area contributed by atoms with Crippen molar-refractivity contribution in [1.29, 1.82) is 0 Å². The Morgan fingerprint density at radius 3 is 2.60 bits per heavy atom. The lowest BCUT2D eigenvalue weighted by Crippen LogP contribution is -2.10. The first-order valence-electron chi connectivity index (χ1n) is 3.28. The van der Waals surface area contributed by atoms with Crippen LogP contribution in [0.4, 0.5) is 0 Å². The highest BCUT2D eigenvalue weighted by molar-refractivity contribution is 8.57. The van der Waals surface area contributed by atoms with Crippen LogP contribution in [0.25, 0.3) is 0 Å². The molecule has 2 unspecified atom stereocenters. The predicted octanol–water partition coefficient (Wildman–Crippen LogP) is 1.80. The summed E-state index contributed by atoms with van der Waals surface area (Å²) in [6.45, 7) is 1.48. The number of hydrogen-bond donors (Lipinski definition) is 2. The highest BCUT2D eigenvalue weighted by Crippen LogP contribution is 2.49. The van der Waals surface area contributed by atoms with Gasteiger partial charge in [-0.25, -0.2) is 5.09 Å². The molecule has 0 spiro atoms. The molecule has 0 amide bonds. The number of rotatable bonds is 4. The number of nitrogens with one attached hydrogen (secondary N) is 1. The lowest BCUT2D eigenvalue weighted by Gasteiger charge is -2.14. The van der Waals surface area contributed by atoms with Crippen molar-refractivity contribution in [2.45, 2.75) is 25.5 Å². The Kier molecular flexibility index (Phi) is 4.61. The zero-order valence-corrected chi connectivity index (χ0v) is 8.34. The van der Waals surface area contributed by atoms with Crippen LogP contribution in [-0.2, 0) is 4.57 Å². The van der Waals surface area contributed by atoms with Crippen LogP contribution in [-0.4, -0.2) is 12.3 Å². The number of hydrogen-bond acceptors (Lipinski definition) is 2. The van der Waals surface area contributed by atoms with E-state index in [1.54, 1.807) is 7.05 Å². The quantitative estimate of drug-likeness (QED) is 0.651. The smallest absolute Gasteiger partial charge is 0.263 e. The molecule has 0 aromatic rings. The lowest BCUT2D eigenvalue weighted by molar-refractivity contribution is 0.580. The molecule has 2 atom stereocenters. The van der Waals surface area contributed by atoms with Crippen LogP contribution < -0.4 is 10.6 Å². The molecule has 3 N–H and O–H groups in total. The maximum absolute atomic E-state index is 11.2. The van der Waals surface area contributed by atoms with E-state index in [-0.39, 0.29) is 0 Å². The molecule has 62 valence electrons. The maximum atomic E-state index is 11.2. The first kappa shape index (κ1) is 10.5. The molecule has 0 aliphatic rings. The fourth-order valence-electron chi connectivity index (χ4n) is 0.395. The zero-order valence-electron chi connectivity index (χ0n) is 6.63. The first-order valence-corrected chi connectivity index (χ1v) is 6.54. The van der Waals surface area contributed by atoms with Gasteiger partial charge in [-0.3, -0.25) is 10.1 Å². The third kappa shape index (κ3) is 4.34. The van der Waals surface area contributed by atoms with Crippen molar-refractivity contribution in [3.63, 3.8) is 0 Å². The Labute approximate surface area is 66.4 Å². The van der Waals surface area contributed by atoms with Gasteiger partial charge in [-0.15, -0.1) is 0 Å². The Morgan fingerprint density at radius 2 is 2.30 bits per heavy atom. The van der Waals surface area contributed by atoms with Gasteiger partial charge in [0, 0.05) is 5.25 Å². The molecule has 0 aliphatic heterocycles. The Bertz CT molecular complexity index is 142. The van der Waals surface area contributed by atoms with Crippen molar-refractivity contribution in [3.05, 3.63) is 0 Å². The summed E-state index contributed by atoms with van der Waals surface area (Å²) in [5.41, 5.74) is 5.40. The molecule has 0 radical (unpaired) electrons. The largest absolute Gasteiger partial charge is 0.277 e. The van der Waals surface area contributed by atoms with Crippen LogP contribution in [0.1, 0.15) is 20.3 Å². The van der Waals surface area contributed by atoms with Gasteiger partial charge in [-0.2, -0.15) is 0 Å². The fourth-order valence-corrected chi connectivity index (χ4v) is 3.55. The molecular weight excluding hydrogens is 167 g/mol. The monoisotopic (exact) mass is 182 g/mol. The molecule has 0 aliphatic carbocycles. The Hall–Kier alpha value is 0.500. The SMILES string of the molecule is CCC(C)SP(N)(=O)NC. The van der Waals surface area contributed by atoms with E-state index in [0.717, 1.165) is 6.42 Å². The minimum atomic E-state index is -2.58. The molecule has 0 heterocycles. The summed E-state index contributed by atoms with van der Waals surface area (Å²) in [5.74, 6) is 0. The van der Waals surface area contributed by atoms with E-state index in [2.05, 4.69) is 5.09 Å². The fraction of sp³-hybridized carbons (Fsp3) is 1.00. The van der Waals surface area contributed by atoms with Crippen LogP contribution in [0.15, 0.2) is 0 Å². The van der Waals surface area contributed by atoms with Crippen molar-refractivity contribution in [3.8, 4) is 0 Å². The standard InChI is InChI=1S/C5H15N2OPS/c1-4-5(2)10-9(6,8)7-3/h5H,4H2,1-3H3,(H3,6,7,8). The van der Waals surface area contributed by atoms with Crippen molar-refractivity contribution >= 4 is 18.0 Å². The van der Waals surface area contributed by atoms with Crippen LogP contribution in [0, 0.1) is 0 Å². The van der Waals surface area contributed by atoms with Crippen LogP contribution in [0.5, 0.6) is 0 Å². The second kappa shape index (κ2) is 4.39. The third-order valence-electron chi connectivity index (χ3n) is 1.22. The van der Waals surface area contributed by atoms with Gasteiger partial charge in [0.05, 0.1) is 0 Å². The molecule has 3 nitrogen and oxygen atoms in total. The van der Waals surface area contributed by atoms with Gasteiger partial charge < -0.3 is 0 Å². The molecular formula is C5H15N2OPS. The molecule has 0 rings (SSSR count). The van der Waals surface area contributed by atoms with Gasteiger partial charge in [0.25, 0.3) is 6.65 Å². The van der Waals surface area contributed by atoms with E-state index in [1.165, 1.54) is 11.4 Å². The molecule has 0 aromatic carbocycles. The highest BCUT2D eigenvalue weighted by Gasteiger charge is 2.16. The van der Waals surface area contributed by atoms with E-state index >= 15 is 0 Å². The average molecular weight is 182 g/mol. The van der Waals surface area contributed by atoms with Crippen molar-refractivity contribution in [2.75, 3.05) is 7.05 Å². The second-order valence-corrected chi connectivity index (χ2v) is 7.06. The van der Waals surface area contributed by atoms with Crippen LogP contribution in [0.2, 0.25) is 0 Å². The predicted molar refractivity (Wildman–Crippen MR) is 48.2 cm³/mol. The third-order valence-corrected chi connectivity index (χ3v) is 5.42. The van der Waals surface area contributed by atoms with E-state index in [9.17, 15) is 4.57 Å². The van der Waals surface area contributed by atoms with E-state index in [1.807, 2.05) is 13.8 Å². The van der Waals surface area contributed by atoms with Crippen molar-refractivity contribution < 1.29 is 4.57 Å². The summed E-state index contributed by atoms with van der Waals surface area (Å²) in [6.07, 6.45) is 0.994. The molecule has 0 bridgehead atoms. The van der Waals surface area contributed by atoms with Gasteiger partial charge in [-0.1, -0.05) is 25.2 Å². The van der Waals surface area contributed by atoms with Crippen LogP contribution in [0.3, 0.4) is 0 Å². The molecule has 5 heteroatoms. The average Bonchev–Trinajstić information content (AvgIpc) is 1.87. The molecule has 10 heavy (non-hydrogen) atoms. The molecule has 0 aromatic heterocycles. The second-order valence-electron chi connectivity index (χ2n) is 2.14. The van der Waals surface area contributed by atoms with E-state index in [0.29, 0.717) is 5.25 Å². The zero-order chi connectivity index (χ0) is 8.20. The summed E-state index contributed by atoms with van der Waals surface area (Å²) in [7, 11) is 1.62. The van der Waals surface area contributed by atoms with Crippen molar-refractivity contribution in [1.82, 2.24) is 5.09 Å². The topological polar surface area (TPSA) is 55.1 Å². The summed E-state index contributed by atoms with van der Waals surface area (Å²) >= 11 is 1.32. The normalized spacial score (nSPS) is 20.0. The van der Waals surface area contributed by atoms with Crippen LogP contribution >= 0.6 is 18.0 Å². The highest BCUT2D eigenvalue weighted by atomic mass is 32.7. The lowest BCUT2D eigenvalue weighted by atomic mass is 10.4. The van der Waals surface area contributed by atoms with E-state index < -0.39 is 6.65 Å². The van der Waals surface area contributed by atoms with Gasteiger partial charge in [-0.05, 0) is 13.5 Å². The minimum Gasteiger partial charge on any atom is -0.277 e. The maximum Gasteiger partial charge on any atom is 0.263 e. The van der Waals surface area contributed by atoms with Gasteiger partial charge in [0.15, 0.2) is 0 Å². The number of nitrogens with two attached hydrogens (primary N) is 1. The molecule has 0 saturated heterocycles. The van der Waals surface area contributed by atoms with Gasteiger partial charge in [0.2, 0.25) is 0 Å². The summed E-state index contributed by atoms with van der Waals surface area (Å²) in [4.78, 5) is 0.